The van der Waals surface area contributed by atoms with Gasteiger partial charge in [-0.05, 0) is 44.0 Å². The van der Waals surface area contributed by atoms with Crippen LogP contribution in [0.3, 0.4) is 0 Å². The molecule has 0 aliphatic rings. The number of anilines is 1. The minimum atomic E-state index is -0.241. The van der Waals surface area contributed by atoms with Crippen LogP contribution >= 0.6 is 0 Å². The highest BCUT2D eigenvalue weighted by Crippen LogP contribution is 2.27. The lowest BCUT2D eigenvalue weighted by atomic mass is 10.0. The minimum absolute atomic E-state index is 0.241. The number of hydrogen-bond donors (Lipinski definition) is 1. The Balaban J connectivity index is 2.60. The van der Waals surface area contributed by atoms with E-state index < -0.39 is 0 Å². The van der Waals surface area contributed by atoms with Gasteiger partial charge in [-0.2, -0.15) is 0 Å². The third-order valence-corrected chi connectivity index (χ3v) is 3.15. The van der Waals surface area contributed by atoms with E-state index in [-0.39, 0.29) is 5.82 Å². The Kier molecular flexibility index (Phi) is 3.79. The van der Waals surface area contributed by atoms with E-state index in [0.717, 1.165) is 41.1 Å². The quantitative estimate of drug-likeness (QED) is 0.918. The summed E-state index contributed by atoms with van der Waals surface area (Å²) in [7, 11) is 0. The molecule has 19 heavy (non-hydrogen) atoms. The lowest BCUT2D eigenvalue weighted by Gasteiger charge is -2.12. The Morgan fingerprint density at radius 2 is 1.95 bits per heavy atom. The van der Waals surface area contributed by atoms with E-state index in [1.807, 2.05) is 13.8 Å². The van der Waals surface area contributed by atoms with Crippen LogP contribution in [0.25, 0.3) is 11.3 Å². The molecule has 2 aromatic rings. The molecule has 1 aromatic heterocycles. The maximum absolute atomic E-state index is 13.2. The smallest absolute Gasteiger partial charge is 0.131 e. The van der Waals surface area contributed by atoms with E-state index in [1.54, 1.807) is 6.07 Å². The molecule has 2 N–H and O–H groups in total. The fraction of sp³-hybridized carbons (Fsp3) is 0.333. The Hall–Kier alpha value is -1.97. The first-order valence-electron chi connectivity index (χ1n) is 6.42. The number of aryl methyl sites for hydroxylation is 2. The molecule has 0 aliphatic carbocycles. The van der Waals surface area contributed by atoms with Gasteiger partial charge in [-0.15, -0.1) is 0 Å². The second-order valence-electron chi connectivity index (χ2n) is 4.71. The number of nitrogens with zero attached hydrogens (tertiary/aromatic N) is 2. The summed E-state index contributed by atoms with van der Waals surface area (Å²) in [6.07, 6.45) is 1.75. The summed E-state index contributed by atoms with van der Waals surface area (Å²) < 4.78 is 13.2. The van der Waals surface area contributed by atoms with E-state index in [0.29, 0.717) is 5.82 Å². The van der Waals surface area contributed by atoms with Crippen LogP contribution in [0.2, 0.25) is 0 Å². The van der Waals surface area contributed by atoms with Crippen molar-refractivity contribution < 1.29 is 4.39 Å². The Morgan fingerprint density at radius 1 is 1.21 bits per heavy atom. The summed E-state index contributed by atoms with van der Waals surface area (Å²) >= 11 is 0. The average Bonchev–Trinajstić information content (AvgIpc) is 2.34. The van der Waals surface area contributed by atoms with Crippen molar-refractivity contribution >= 4 is 5.82 Å². The number of nitrogens with two attached hydrogens (primary N) is 1. The molecule has 1 aromatic carbocycles. The highest BCUT2D eigenvalue weighted by molar-refractivity contribution is 5.70. The van der Waals surface area contributed by atoms with Gasteiger partial charge in [0.05, 0.1) is 5.69 Å². The zero-order valence-electron chi connectivity index (χ0n) is 11.5. The van der Waals surface area contributed by atoms with E-state index in [4.69, 9.17) is 5.73 Å². The molecule has 0 saturated heterocycles. The molecule has 2 rings (SSSR count). The normalized spacial score (nSPS) is 10.7. The zero-order chi connectivity index (χ0) is 14.0. The molecule has 0 radical (unpaired) electrons. The number of halogens is 1. The topological polar surface area (TPSA) is 51.8 Å². The molecule has 3 nitrogen and oxygen atoms in total. The largest absolute Gasteiger partial charge is 0.383 e. The van der Waals surface area contributed by atoms with Gasteiger partial charge in [0.2, 0.25) is 0 Å². The molecule has 1 heterocycles. The molecule has 0 atom stereocenters. The van der Waals surface area contributed by atoms with Crippen LogP contribution in [0.1, 0.15) is 30.3 Å². The molecule has 0 spiro atoms. The molecular formula is C15H18FN3. The standard InChI is InChI=1S/C15H18FN3/c1-4-5-13-18-14(10(3)15(17)19-13)12-7-6-11(16)8-9(12)2/h6-8H,4-5H2,1-3H3,(H2,17,18,19). The lowest BCUT2D eigenvalue weighted by molar-refractivity contribution is 0.627. The minimum Gasteiger partial charge on any atom is -0.383 e. The molecule has 0 fully saturated rings. The molecule has 0 bridgehead atoms. The maximum Gasteiger partial charge on any atom is 0.131 e. The second-order valence-corrected chi connectivity index (χ2v) is 4.71. The fourth-order valence-corrected chi connectivity index (χ4v) is 2.07. The predicted molar refractivity (Wildman–Crippen MR) is 75.3 cm³/mol. The second kappa shape index (κ2) is 5.34. The van der Waals surface area contributed by atoms with Gasteiger partial charge in [-0.3, -0.25) is 0 Å². The first-order valence-corrected chi connectivity index (χ1v) is 6.42. The van der Waals surface area contributed by atoms with Crippen molar-refractivity contribution in [2.24, 2.45) is 0 Å². The molecule has 0 amide bonds. The van der Waals surface area contributed by atoms with Crippen molar-refractivity contribution in [3.8, 4) is 11.3 Å². The summed E-state index contributed by atoms with van der Waals surface area (Å²) in [5.74, 6) is 0.996. The summed E-state index contributed by atoms with van der Waals surface area (Å²) in [5, 5.41) is 0. The van der Waals surface area contributed by atoms with Gasteiger partial charge in [0, 0.05) is 17.5 Å². The number of nitrogen functional groups attached to an aromatic ring is 1. The number of aromatic nitrogens is 2. The van der Waals surface area contributed by atoms with E-state index in [1.165, 1.54) is 12.1 Å². The number of hydrogen-bond acceptors (Lipinski definition) is 3. The number of rotatable bonds is 3. The van der Waals surface area contributed by atoms with Crippen LogP contribution in [-0.2, 0) is 6.42 Å². The Morgan fingerprint density at radius 3 is 2.58 bits per heavy atom. The van der Waals surface area contributed by atoms with Crippen molar-refractivity contribution in [1.82, 2.24) is 9.97 Å². The molecule has 0 saturated carbocycles. The SMILES string of the molecule is CCCc1nc(N)c(C)c(-c2ccc(F)cc2C)n1. The third-order valence-electron chi connectivity index (χ3n) is 3.15. The van der Waals surface area contributed by atoms with Gasteiger partial charge in [-0.25, -0.2) is 14.4 Å². The van der Waals surface area contributed by atoms with Crippen molar-refractivity contribution in [3.63, 3.8) is 0 Å². The van der Waals surface area contributed by atoms with E-state index in [2.05, 4.69) is 16.9 Å². The van der Waals surface area contributed by atoms with Gasteiger partial charge < -0.3 is 5.73 Å². The maximum atomic E-state index is 13.2. The van der Waals surface area contributed by atoms with E-state index in [9.17, 15) is 4.39 Å². The van der Waals surface area contributed by atoms with Crippen molar-refractivity contribution in [2.75, 3.05) is 5.73 Å². The molecule has 0 unspecified atom stereocenters. The van der Waals surface area contributed by atoms with Crippen LogP contribution in [-0.4, -0.2) is 9.97 Å². The summed E-state index contributed by atoms with van der Waals surface area (Å²) in [6.45, 7) is 5.83. The highest BCUT2D eigenvalue weighted by atomic mass is 19.1. The zero-order valence-corrected chi connectivity index (χ0v) is 11.5. The predicted octanol–water partition coefficient (Wildman–Crippen LogP) is 3.43. The van der Waals surface area contributed by atoms with Crippen LogP contribution in [0.5, 0.6) is 0 Å². The first kappa shape index (κ1) is 13.5. The molecule has 100 valence electrons. The van der Waals surface area contributed by atoms with Gasteiger partial charge in [0.15, 0.2) is 0 Å². The van der Waals surface area contributed by atoms with Crippen molar-refractivity contribution in [2.45, 2.75) is 33.6 Å². The van der Waals surface area contributed by atoms with Gasteiger partial charge in [0.25, 0.3) is 0 Å². The van der Waals surface area contributed by atoms with Crippen molar-refractivity contribution in [1.29, 1.82) is 0 Å². The van der Waals surface area contributed by atoms with Gasteiger partial charge >= 0.3 is 0 Å². The van der Waals surface area contributed by atoms with Gasteiger partial charge in [0.1, 0.15) is 17.5 Å². The Bertz CT molecular complexity index is 609. The first-order chi connectivity index (χ1) is 9.02. The van der Waals surface area contributed by atoms with Crippen LogP contribution in [0.15, 0.2) is 18.2 Å². The number of benzene rings is 1. The molecule has 0 aliphatic heterocycles. The molecule has 4 heteroatoms. The highest BCUT2D eigenvalue weighted by Gasteiger charge is 2.12. The Labute approximate surface area is 112 Å². The summed E-state index contributed by atoms with van der Waals surface area (Å²) in [6, 6.07) is 4.70. The lowest BCUT2D eigenvalue weighted by Crippen LogP contribution is -2.05. The summed E-state index contributed by atoms with van der Waals surface area (Å²) in [5.41, 5.74) is 9.34. The van der Waals surface area contributed by atoms with Crippen LogP contribution in [0.4, 0.5) is 10.2 Å². The molecular weight excluding hydrogens is 241 g/mol. The average molecular weight is 259 g/mol. The summed E-state index contributed by atoms with van der Waals surface area (Å²) in [4.78, 5) is 8.86. The van der Waals surface area contributed by atoms with Crippen LogP contribution in [0, 0.1) is 19.7 Å². The monoisotopic (exact) mass is 259 g/mol. The van der Waals surface area contributed by atoms with Crippen molar-refractivity contribution in [3.05, 3.63) is 41.0 Å². The van der Waals surface area contributed by atoms with Crippen LogP contribution < -0.4 is 5.73 Å². The van der Waals surface area contributed by atoms with Gasteiger partial charge in [-0.1, -0.05) is 6.92 Å². The third kappa shape index (κ3) is 2.72. The fourth-order valence-electron chi connectivity index (χ4n) is 2.07. The van der Waals surface area contributed by atoms with E-state index >= 15 is 0 Å².